The van der Waals surface area contributed by atoms with Crippen molar-refractivity contribution in [3.63, 3.8) is 0 Å². The van der Waals surface area contributed by atoms with Crippen molar-refractivity contribution < 1.29 is 10.2 Å². The van der Waals surface area contributed by atoms with E-state index in [0.717, 1.165) is 5.56 Å². The summed E-state index contributed by atoms with van der Waals surface area (Å²) in [5, 5.41) is 23.3. The van der Waals surface area contributed by atoms with E-state index in [4.69, 9.17) is 5.73 Å². The predicted octanol–water partition coefficient (Wildman–Crippen LogP) is 0.399. The van der Waals surface area contributed by atoms with Crippen LogP contribution >= 0.6 is 0 Å². The number of benzene rings is 1. The molecule has 1 aromatic carbocycles. The Hall–Kier alpha value is -2.51. The number of rotatable bonds is 3. The Morgan fingerprint density at radius 2 is 2.00 bits per heavy atom. The Morgan fingerprint density at radius 3 is 2.70 bits per heavy atom. The van der Waals surface area contributed by atoms with Crippen LogP contribution in [0.5, 0.6) is 0 Å². The number of fused-ring (bicyclic) bond motifs is 1. The van der Waals surface area contributed by atoms with Gasteiger partial charge in [0, 0.05) is 5.56 Å². The SMILES string of the molecule is Nc1nc(-c2ccccc2)c(C(O)CO)c2ncnn12. The number of nitrogens with two attached hydrogens (primary N) is 1. The normalized spacial score (nSPS) is 12.7. The van der Waals surface area contributed by atoms with Crippen LogP contribution < -0.4 is 5.73 Å². The minimum atomic E-state index is -1.11. The summed E-state index contributed by atoms with van der Waals surface area (Å²) in [5.74, 6) is 0.172. The van der Waals surface area contributed by atoms with Crippen molar-refractivity contribution in [1.82, 2.24) is 19.6 Å². The highest BCUT2D eigenvalue weighted by molar-refractivity contribution is 5.72. The molecule has 20 heavy (non-hydrogen) atoms. The van der Waals surface area contributed by atoms with E-state index in [1.54, 1.807) is 0 Å². The Kier molecular flexibility index (Phi) is 3.05. The van der Waals surface area contributed by atoms with Crippen molar-refractivity contribution in [2.75, 3.05) is 12.3 Å². The molecule has 2 aromatic heterocycles. The molecule has 0 fully saturated rings. The maximum atomic E-state index is 10.1. The molecule has 1 unspecified atom stereocenters. The molecule has 3 rings (SSSR count). The molecule has 102 valence electrons. The van der Waals surface area contributed by atoms with E-state index >= 15 is 0 Å². The number of hydrogen-bond acceptors (Lipinski definition) is 6. The molecule has 0 aliphatic heterocycles. The van der Waals surface area contributed by atoms with Crippen molar-refractivity contribution in [2.45, 2.75) is 6.10 Å². The van der Waals surface area contributed by atoms with Gasteiger partial charge in [-0.3, -0.25) is 0 Å². The second kappa shape index (κ2) is 4.87. The molecule has 2 heterocycles. The maximum Gasteiger partial charge on any atom is 0.223 e. The van der Waals surface area contributed by atoms with Gasteiger partial charge in [0.1, 0.15) is 12.4 Å². The zero-order chi connectivity index (χ0) is 14.1. The number of nitrogen functional groups attached to an aromatic ring is 1. The molecule has 3 aromatic rings. The zero-order valence-electron chi connectivity index (χ0n) is 10.5. The van der Waals surface area contributed by atoms with E-state index in [9.17, 15) is 10.2 Å². The molecule has 4 N–H and O–H groups in total. The van der Waals surface area contributed by atoms with E-state index in [2.05, 4.69) is 15.1 Å². The molecule has 0 bridgehead atoms. The molecule has 7 nitrogen and oxygen atoms in total. The van der Waals surface area contributed by atoms with Gasteiger partial charge in [-0.25, -0.2) is 9.97 Å². The van der Waals surface area contributed by atoms with Gasteiger partial charge >= 0.3 is 0 Å². The first-order chi connectivity index (χ1) is 9.72. The van der Waals surface area contributed by atoms with Crippen LogP contribution in [0.3, 0.4) is 0 Å². The summed E-state index contributed by atoms with van der Waals surface area (Å²) in [5.41, 5.74) is 7.92. The van der Waals surface area contributed by atoms with Crippen molar-refractivity contribution in [2.24, 2.45) is 0 Å². The standard InChI is InChI=1S/C13H13N5O2/c14-13-17-11(8-4-2-1-3-5-8)10(9(20)6-19)12-15-7-16-18(12)13/h1-5,7,9,19-20H,6H2,(H2,14,17). The van der Waals surface area contributed by atoms with Crippen molar-refractivity contribution in [3.05, 3.63) is 42.2 Å². The predicted molar refractivity (Wildman–Crippen MR) is 72.7 cm³/mol. The van der Waals surface area contributed by atoms with Crippen molar-refractivity contribution >= 4 is 11.6 Å². The lowest BCUT2D eigenvalue weighted by Gasteiger charge is -2.14. The van der Waals surface area contributed by atoms with Gasteiger partial charge in [-0.1, -0.05) is 30.3 Å². The molecule has 0 saturated carbocycles. The number of anilines is 1. The van der Waals surface area contributed by atoms with Crippen LogP contribution in [-0.2, 0) is 0 Å². The molecule has 0 amide bonds. The lowest BCUT2D eigenvalue weighted by molar-refractivity contribution is 0.0964. The van der Waals surface area contributed by atoms with Crippen LogP contribution in [0, 0.1) is 0 Å². The first kappa shape index (κ1) is 12.5. The molecule has 0 saturated heterocycles. The highest BCUT2D eigenvalue weighted by Gasteiger charge is 2.21. The second-order valence-corrected chi connectivity index (χ2v) is 4.29. The summed E-state index contributed by atoms with van der Waals surface area (Å²) in [6.07, 6.45) is 0.223. The third-order valence-corrected chi connectivity index (χ3v) is 3.04. The van der Waals surface area contributed by atoms with E-state index in [1.165, 1.54) is 10.8 Å². The molecule has 0 aliphatic carbocycles. The Bertz CT molecular complexity index is 741. The second-order valence-electron chi connectivity index (χ2n) is 4.29. The molecule has 1 atom stereocenters. The van der Waals surface area contributed by atoms with E-state index in [1.807, 2.05) is 30.3 Å². The van der Waals surface area contributed by atoms with Gasteiger partial charge in [0.15, 0.2) is 5.65 Å². The minimum absolute atomic E-state index is 0.172. The van der Waals surface area contributed by atoms with Crippen LogP contribution in [0.15, 0.2) is 36.7 Å². The van der Waals surface area contributed by atoms with Gasteiger partial charge in [0.2, 0.25) is 5.95 Å². The van der Waals surface area contributed by atoms with E-state index in [-0.39, 0.29) is 5.95 Å². The fourth-order valence-electron chi connectivity index (χ4n) is 2.14. The molecule has 7 heteroatoms. The summed E-state index contributed by atoms with van der Waals surface area (Å²) in [6.45, 7) is -0.437. The highest BCUT2D eigenvalue weighted by Crippen LogP contribution is 2.30. The van der Waals surface area contributed by atoms with Crippen molar-refractivity contribution in [1.29, 1.82) is 0 Å². The average molecular weight is 271 g/mol. The van der Waals surface area contributed by atoms with Crippen molar-refractivity contribution in [3.8, 4) is 11.3 Å². The van der Waals surface area contributed by atoms with Gasteiger partial charge in [-0.05, 0) is 0 Å². The Morgan fingerprint density at radius 1 is 1.25 bits per heavy atom. The molecule has 0 aliphatic rings. The number of nitrogens with zero attached hydrogens (tertiary/aromatic N) is 4. The fraction of sp³-hybridized carbons (Fsp3) is 0.154. The molecule has 0 spiro atoms. The van der Waals surface area contributed by atoms with Crippen LogP contribution in [0.1, 0.15) is 11.7 Å². The number of hydrogen-bond donors (Lipinski definition) is 3. The van der Waals surface area contributed by atoms with E-state index < -0.39 is 12.7 Å². The first-order valence-corrected chi connectivity index (χ1v) is 6.06. The van der Waals surface area contributed by atoms with Crippen LogP contribution in [-0.4, -0.2) is 36.4 Å². The molecular formula is C13H13N5O2. The summed E-state index contributed by atoms with van der Waals surface area (Å²) in [7, 11) is 0. The molecular weight excluding hydrogens is 258 g/mol. The van der Waals surface area contributed by atoms with Gasteiger partial charge in [0.25, 0.3) is 0 Å². The average Bonchev–Trinajstić information content (AvgIpc) is 2.97. The lowest BCUT2D eigenvalue weighted by Crippen LogP contribution is -2.12. The summed E-state index contributed by atoms with van der Waals surface area (Å²) in [4.78, 5) is 8.38. The van der Waals surface area contributed by atoms with Gasteiger partial charge < -0.3 is 15.9 Å². The van der Waals surface area contributed by atoms with Gasteiger partial charge in [-0.15, -0.1) is 0 Å². The fourth-order valence-corrected chi connectivity index (χ4v) is 2.14. The summed E-state index contributed by atoms with van der Waals surface area (Å²) in [6, 6.07) is 9.29. The maximum absolute atomic E-state index is 10.1. The quantitative estimate of drug-likeness (QED) is 0.636. The summed E-state index contributed by atoms with van der Waals surface area (Å²) >= 11 is 0. The summed E-state index contributed by atoms with van der Waals surface area (Å²) < 4.78 is 1.33. The minimum Gasteiger partial charge on any atom is -0.393 e. The van der Waals surface area contributed by atoms with Crippen LogP contribution in [0.4, 0.5) is 5.95 Å². The highest BCUT2D eigenvalue weighted by atomic mass is 16.3. The van der Waals surface area contributed by atoms with E-state index in [0.29, 0.717) is 16.9 Å². The largest absolute Gasteiger partial charge is 0.393 e. The van der Waals surface area contributed by atoms with Gasteiger partial charge in [0.05, 0.1) is 17.9 Å². The van der Waals surface area contributed by atoms with Crippen LogP contribution in [0.25, 0.3) is 16.9 Å². The number of aliphatic hydroxyl groups is 2. The third kappa shape index (κ3) is 1.89. The molecule has 0 radical (unpaired) electrons. The Labute approximate surface area is 114 Å². The number of aromatic nitrogens is 4. The van der Waals surface area contributed by atoms with Gasteiger partial charge in [-0.2, -0.15) is 9.61 Å². The van der Waals surface area contributed by atoms with Crippen LogP contribution in [0.2, 0.25) is 0 Å². The smallest absolute Gasteiger partial charge is 0.223 e. The third-order valence-electron chi connectivity index (χ3n) is 3.04. The monoisotopic (exact) mass is 271 g/mol. The first-order valence-electron chi connectivity index (χ1n) is 6.06. The number of aliphatic hydroxyl groups excluding tert-OH is 2. The lowest BCUT2D eigenvalue weighted by atomic mass is 10.0. The topological polar surface area (TPSA) is 110 Å². The Balaban J connectivity index is 2.35. The zero-order valence-corrected chi connectivity index (χ0v) is 10.5.